The van der Waals surface area contributed by atoms with E-state index in [0.29, 0.717) is 23.7 Å². The topological polar surface area (TPSA) is 106 Å². The zero-order chi connectivity index (χ0) is 26.6. The van der Waals surface area contributed by atoms with Gasteiger partial charge in [-0.25, -0.2) is 0 Å². The van der Waals surface area contributed by atoms with E-state index in [1.54, 1.807) is 0 Å². The average molecular weight is 611 g/mol. The van der Waals surface area contributed by atoms with Crippen LogP contribution in [0.2, 0.25) is 0 Å². The van der Waals surface area contributed by atoms with E-state index in [2.05, 4.69) is 124 Å². The Kier molecular flexibility index (Phi) is 15.1. The number of benzene rings is 2. The number of para-hydroxylation sites is 2. The molecule has 6 heteroatoms. The van der Waals surface area contributed by atoms with Crippen molar-refractivity contribution in [2.45, 2.75) is 99.0 Å². The van der Waals surface area contributed by atoms with Crippen LogP contribution in [0.25, 0.3) is 17.6 Å². The van der Waals surface area contributed by atoms with Crippen LogP contribution in [0, 0.1) is 0 Å². The third kappa shape index (κ3) is 8.83. The Balaban J connectivity index is 0.00000481. The second-order valence-corrected chi connectivity index (χ2v) is 11.1. The number of aliphatic imine (C=N–C) groups is 1. The first-order valence-corrected chi connectivity index (χ1v) is 13.5. The molecule has 0 unspecified atom stereocenters. The van der Waals surface area contributed by atoms with Crippen molar-refractivity contribution < 1.29 is 21.1 Å². The largest absolute Gasteiger partial charge is 3.00 e. The molecule has 0 aliphatic rings. The van der Waals surface area contributed by atoms with Crippen molar-refractivity contribution >= 4 is 17.1 Å². The van der Waals surface area contributed by atoms with Gasteiger partial charge in [0.25, 0.3) is 0 Å². The number of rotatable bonds is 9. The molecule has 5 nitrogen and oxygen atoms in total. The Bertz CT molecular complexity index is 1160. The van der Waals surface area contributed by atoms with Gasteiger partial charge in [-0.1, -0.05) is 122 Å². The average Bonchev–Trinajstić information content (AvgIpc) is 2.83. The molecule has 0 bridgehead atoms. The van der Waals surface area contributed by atoms with Gasteiger partial charge < -0.3 is 17.6 Å². The maximum Gasteiger partial charge on any atom is 3.00 e. The Morgan fingerprint density at radius 2 is 1.05 bits per heavy atom. The molecule has 0 aliphatic heterocycles. The predicted octanol–water partition coefficient (Wildman–Crippen LogP) is 11.9. The maximum atomic E-state index is 5.23. The van der Waals surface area contributed by atoms with Gasteiger partial charge in [-0.05, 0) is 53.9 Å². The summed E-state index contributed by atoms with van der Waals surface area (Å²) in [4.78, 5) is 10.2. The molecule has 2 aromatic carbocycles. The maximum absolute atomic E-state index is 5.23. The van der Waals surface area contributed by atoms with Crippen LogP contribution < -0.4 is 0 Å². The number of nitrogens with zero attached hydrogens (tertiary/aromatic N) is 3. The summed E-state index contributed by atoms with van der Waals surface area (Å²) in [6.07, 6.45) is 0. The summed E-state index contributed by atoms with van der Waals surface area (Å²) in [5.41, 5.74) is 10.2. The van der Waals surface area contributed by atoms with Crippen LogP contribution in [-0.2, 0) is 21.1 Å². The molecule has 4 N–H and O–H groups in total. The molecule has 0 fully saturated rings. The Labute approximate surface area is 252 Å². The molecule has 3 aromatic rings. The molecule has 0 saturated heterocycles. The van der Waals surface area contributed by atoms with Crippen molar-refractivity contribution in [1.29, 1.82) is 0 Å². The van der Waals surface area contributed by atoms with E-state index in [1.807, 2.05) is 0 Å². The van der Waals surface area contributed by atoms with Crippen LogP contribution in [0.3, 0.4) is 0 Å². The first-order valence-electron chi connectivity index (χ1n) is 13.5. The zero-order valence-corrected chi connectivity index (χ0v) is 27.5. The number of hydrogen-bond acceptors (Lipinski definition) is 2. The first-order chi connectivity index (χ1) is 17.0. The summed E-state index contributed by atoms with van der Waals surface area (Å²) in [5, 5.41) is 5.23. The van der Waals surface area contributed by atoms with Crippen LogP contribution in [-0.4, -0.2) is 10.7 Å². The number of nitrogens with two attached hydrogens (primary N) is 2. The molecule has 0 aliphatic carbocycles. The molecule has 211 valence electrons. The van der Waals surface area contributed by atoms with E-state index >= 15 is 0 Å². The van der Waals surface area contributed by atoms with Crippen LogP contribution in [0.15, 0.2) is 59.6 Å². The Hall–Kier alpha value is -2.33. The van der Waals surface area contributed by atoms with Gasteiger partial charge in [0, 0.05) is 5.69 Å². The fraction of sp³-hybridized carbons (Fsp3) is 0.455. The molecule has 0 spiro atoms. The van der Waals surface area contributed by atoms with E-state index in [0.717, 1.165) is 28.5 Å². The van der Waals surface area contributed by atoms with Crippen molar-refractivity contribution in [3.63, 3.8) is 0 Å². The summed E-state index contributed by atoms with van der Waals surface area (Å²) >= 11 is 0. The van der Waals surface area contributed by atoms with Gasteiger partial charge in [0.1, 0.15) is 0 Å². The molecule has 0 amide bonds. The van der Waals surface area contributed by atoms with Gasteiger partial charge in [-0.2, -0.15) is 0 Å². The van der Waals surface area contributed by atoms with Crippen LogP contribution in [0.1, 0.15) is 133 Å². The number of pyridine rings is 1. The summed E-state index contributed by atoms with van der Waals surface area (Å²) in [7, 11) is 0. The van der Waals surface area contributed by atoms with Gasteiger partial charge in [0.15, 0.2) is 0 Å². The van der Waals surface area contributed by atoms with E-state index in [-0.39, 0.29) is 39.4 Å². The van der Waals surface area contributed by atoms with Crippen LogP contribution >= 0.6 is 0 Å². The summed E-state index contributed by atoms with van der Waals surface area (Å²) in [6.45, 7) is 22.1. The van der Waals surface area contributed by atoms with E-state index in [4.69, 9.17) is 15.3 Å². The normalized spacial score (nSPS) is 12.2. The molecular formula is C33H48MoN5. The van der Waals surface area contributed by atoms with Gasteiger partial charge in [0.2, 0.25) is 0 Å². The van der Waals surface area contributed by atoms with Crippen LogP contribution in [0.5, 0.6) is 0 Å². The monoisotopic (exact) mass is 612 g/mol. The fourth-order valence-corrected chi connectivity index (χ4v) is 4.67. The molecule has 0 saturated carbocycles. The van der Waals surface area contributed by atoms with Gasteiger partial charge in [-0.15, -0.1) is 5.69 Å². The fourth-order valence-electron chi connectivity index (χ4n) is 4.67. The van der Waals surface area contributed by atoms with E-state index in [9.17, 15) is 0 Å². The Morgan fingerprint density at radius 3 is 1.49 bits per heavy atom. The third-order valence-electron chi connectivity index (χ3n) is 6.86. The molecule has 1 atom stereocenters. The quantitative estimate of drug-likeness (QED) is 0.174. The molecule has 1 heterocycles. The SMILES string of the molecule is CC(=Nc1c(C(C)C)cccc1C(C)C)c1cccc([C@H](C)[N-]c2c(C(C)C)cccc2C(C)C)n1.[Mo+3].[NH2-].[NH2-]. The minimum atomic E-state index is -0.0516. The van der Waals surface area contributed by atoms with Crippen molar-refractivity contribution in [1.82, 2.24) is 4.98 Å². The Morgan fingerprint density at radius 1 is 0.641 bits per heavy atom. The van der Waals surface area contributed by atoms with Crippen molar-refractivity contribution in [2.75, 3.05) is 0 Å². The molecule has 39 heavy (non-hydrogen) atoms. The smallest absolute Gasteiger partial charge is 0.693 e. The minimum Gasteiger partial charge on any atom is -0.693 e. The standard InChI is InChI=1S/C33H44N3.Mo.2H2N/c1-20(2)26-14-11-15-27(21(3)4)32(26)34-24(9)30-18-13-19-31(36-30)25(10)35-33-28(22(5)6)16-12-17-29(33)23(7)8;;;/h11-24H,1-10H3;;2*1H2/q-1;+3;2*-1/t24-;;;/m0.../s1. The first kappa shape index (κ1) is 36.7. The second-order valence-electron chi connectivity index (χ2n) is 11.1. The van der Waals surface area contributed by atoms with E-state index < -0.39 is 0 Å². The number of aromatic nitrogens is 1. The molecule has 3 rings (SSSR count). The van der Waals surface area contributed by atoms with Crippen molar-refractivity contribution in [3.05, 3.63) is 106 Å². The predicted molar refractivity (Wildman–Crippen MR) is 167 cm³/mol. The van der Waals surface area contributed by atoms with E-state index in [1.165, 1.54) is 22.3 Å². The molecule has 1 aromatic heterocycles. The second kappa shape index (κ2) is 16.1. The van der Waals surface area contributed by atoms with Crippen molar-refractivity contribution in [3.8, 4) is 0 Å². The van der Waals surface area contributed by atoms with Gasteiger partial charge >= 0.3 is 21.1 Å². The third-order valence-corrected chi connectivity index (χ3v) is 6.86. The summed E-state index contributed by atoms with van der Waals surface area (Å²) in [6, 6.07) is 19.3. The summed E-state index contributed by atoms with van der Waals surface area (Å²) < 4.78 is 0. The molecule has 1 radical (unpaired) electrons. The minimum absolute atomic E-state index is 0. The van der Waals surface area contributed by atoms with Gasteiger partial charge in [-0.3, -0.25) is 9.98 Å². The van der Waals surface area contributed by atoms with Crippen LogP contribution in [0.4, 0.5) is 11.4 Å². The summed E-state index contributed by atoms with van der Waals surface area (Å²) in [5.74, 6) is 1.65. The number of hydrogen-bond donors (Lipinski definition) is 0. The van der Waals surface area contributed by atoms with Crippen molar-refractivity contribution in [2.24, 2.45) is 4.99 Å². The zero-order valence-electron chi connectivity index (χ0n) is 25.5. The molecular weight excluding hydrogens is 562 g/mol. The van der Waals surface area contributed by atoms with Gasteiger partial charge in [0.05, 0.1) is 17.1 Å².